The Bertz CT molecular complexity index is 64.0. The van der Waals surface area contributed by atoms with Gasteiger partial charge in [0, 0.05) is 0 Å². The third-order valence-corrected chi connectivity index (χ3v) is 2.32. The van der Waals surface area contributed by atoms with E-state index in [4.69, 9.17) is 5.11 Å². The van der Waals surface area contributed by atoms with Crippen LogP contribution in [0.4, 0.5) is 0 Å². The molecule has 0 aliphatic heterocycles. The monoisotopic (exact) mass is 156 g/mol. The summed E-state index contributed by atoms with van der Waals surface area (Å²) in [5, 5.41) is 7.98. The Labute approximate surface area is 54.3 Å². The molecule has 0 aliphatic carbocycles. The number of aliphatic carboxylic acids is 1. The normalized spacial score (nSPS) is 8.71. The summed E-state index contributed by atoms with van der Waals surface area (Å²) in [4.78, 5) is 9.69. The molecule has 0 aromatic carbocycles. The Balaban J connectivity index is 2.82. The zero-order valence-corrected chi connectivity index (χ0v) is 5.85. The van der Waals surface area contributed by atoms with Crippen molar-refractivity contribution in [2.45, 2.75) is 0 Å². The van der Waals surface area contributed by atoms with Crippen molar-refractivity contribution in [2.24, 2.45) is 0 Å². The predicted molar refractivity (Wildman–Crippen MR) is 36.7 cm³/mol. The van der Waals surface area contributed by atoms with E-state index in [0.717, 1.165) is 9.83 Å². The second-order valence-corrected chi connectivity index (χ2v) is 3.90. The molecule has 0 amide bonds. The van der Waals surface area contributed by atoms with Gasteiger partial charge < -0.3 is 5.11 Å². The highest BCUT2D eigenvalue weighted by atomic mass is 33.5. The number of carboxylic acid groups (broad SMARTS) is 1. The van der Waals surface area contributed by atoms with Crippen molar-refractivity contribution in [1.29, 1.82) is 0 Å². The van der Waals surface area contributed by atoms with Crippen LogP contribution in [0.3, 0.4) is 0 Å². The van der Waals surface area contributed by atoms with Gasteiger partial charge in [-0.2, -0.15) is 0 Å². The Morgan fingerprint density at radius 3 is 2.57 bits per heavy atom. The Morgan fingerprint density at radius 2 is 2.43 bits per heavy atom. The standard InChI is InChI=1S/C2H4O2S3/c3-2(4)1-6-7-5/h5H,1H2,(H,3,4). The number of hydrogen-bond donors (Lipinski definition) is 2. The smallest absolute Gasteiger partial charge is 0.314 e. The first-order valence-electron chi connectivity index (χ1n) is 1.42. The molecule has 0 rings (SSSR count). The van der Waals surface area contributed by atoms with Crippen LogP contribution in [0.15, 0.2) is 0 Å². The molecule has 5 heteroatoms. The van der Waals surface area contributed by atoms with Gasteiger partial charge in [0.2, 0.25) is 0 Å². The lowest BCUT2D eigenvalue weighted by atomic mass is 10.8. The molecule has 0 bridgehead atoms. The average Bonchev–Trinajstić information content (AvgIpc) is 1.61. The van der Waals surface area contributed by atoms with Crippen LogP contribution in [0.5, 0.6) is 0 Å². The average molecular weight is 156 g/mol. The third kappa shape index (κ3) is 6.52. The molecule has 0 heterocycles. The largest absolute Gasteiger partial charge is 0.481 e. The predicted octanol–water partition coefficient (Wildman–Crippen LogP) is 1.30. The topological polar surface area (TPSA) is 37.3 Å². The van der Waals surface area contributed by atoms with E-state index in [1.807, 2.05) is 0 Å². The molecule has 7 heavy (non-hydrogen) atoms. The van der Waals surface area contributed by atoms with E-state index in [1.54, 1.807) is 0 Å². The van der Waals surface area contributed by atoms with Gasteiger partial charge in [-0.05, 0) is 9.83 Å². The molecule has 0 atom stereocenters. The van der Waals surface area contributed by atoms with Gasteiger partial charge in [0.25, 0.3) is 0 Å². The van der Waals surface area contributed by atoms with E-state index in [-0.39, 0.29) is 5.75 Å². The van der Waals surface area contributed by atoms with Gasteiger partial charge in [0.15, 0.2) is 0 Å². The van der Waals surface area contributed by atoms with E-state index in [9.17, 15) is 4.79 Å². The molecule has 0 aliphatic rings. The van der Waals surface area contributed by atoms with Crippen molar-refractivity contribution in [2.75, 3.05) is 5.75 Å². The Kier molecular flexibility index (Phi) is 5.02. The highest BCUT2D eigenvalue weighted by molar-refractivity contribution is 9.05. The van der Waals surface area contributed by atoms with Gasteiger partial charge in [0.1, 0.15) is 5.75 Å². The zero-order chi connectivity index (χ0) is 5.70. The minimum Gasteiger partial charge on any atom is -0.481 e. The number of carbonyl (C=O) groups is 1. The van der Waals surface area contributed by atoms with Crippen molar-refractivity contribution >= 4 is 38.2 Å². The van der Waals surface area contributed by atoms with Crippen LogP contribution in [-0.2, 0) is 4.79 Å². The summed E-state index contributed by atoms with van der Waals surface area (Å²) in [6, 6.07) is 0. The van der Waals surface area contributed by atoms with E-state index in [1.165, 1.54) is 10.8 Å². The number of carboxylic acids is 1. The van der Waals surface area contributed by atoms with Gasteiger partial charge in [-0.1, -0.05) is 22.5 Å². The molecule has 0 fully saturated rings. The van der Waals surface area contributed by atoms with Crippen molar-refractivity contribution < 1.29 is 9.90 Å². The highest BCUT2D eigenvalue weighted by Gasteiger charge is 1.92. The summed E-state index contributed by atoms with van der Waals surface area (Å²) >= 11 is 3.71. The highest BCUT2D eigenvalue weighted by Crippen LogP contribution is 2.23. The maximum Gasteiger partial charge on any atom is 0.314 e. The molecule has 0 saturated heterocycles. The summed E-state index contributed by atoms with van der Waals surface area (Å²) in [5.41, 5.74) is 0. The lowest BCUT2D eigenvalue weighted by molar-refractivity contribution is -0.133. The quantitative estimate of drug-likeness (QED) is 0.477. The summed E-state index contributed by atoms with van der Waals surface area (Å²) in [6.45, 7) is 0. The van der Waals surface area contributed by atoms with E-state index >= 15 is 0 Å². The zero-order valence-electron chi connectivity index (χ0n) is 3.33. The van der Waals surface area contributed by atoms with Crippen LogP contribution in [0.25, 0.3) is 0 Å². The SMILES string of the molecule is O=C(O)CSSS. The van der Waals surface area contributed by atoms with Crippen LogP contribution >= 0.6 is 32.3 Å². The van der Waals surface area contributed by atoms with Crippen molar-refractivity contribution in [3.05, 3.63) is 0 Å². The fourth-order valence-corrected chi connectivity index (χ4v) is 1.17. The molecule has 0 spiro atoms. The van der Waals surface area contributed by atoms with Crippen LogP contribution in [0.2, 0.25) is 0 Å². The number of thiol groups is 1. The summed E-state index contributed by atoms with van der Waals surface area (Å²) in [5.74, 6) is -0.680. The molecule has 0 unspecified atom stereocenters. The van der Waals surface area contributed by atoms with Crippen molar-refractivity contribution in [3.8, 4) is 0 Å². The summed E-state index contributed by atoms with van der Waals surface area (Å²) in [6.07, 6.45) is 0. The van der Waals surface area contributed by atoms with Gasteiger partial charge >= 0.3 is 5.97 Å². The number of hydrogen-bond acceptors (Lipinski definition) is 4. The molecular weight excluding hydrogens is 152 g/mol. The molecule has 0 saturated carbocycles. The molecular formula is C2H4O2S3. The molecule has 2 nitrogen and oxygen atoms in total. The lowest BCUT2D eigenvalue weighted by Crippen LogP contribution is -1.94. The van der Waals surface area contributed by atoms with Crippen molar-refractivity contribution in [3.63, 3.8) is 0 Å². The fourth-order valence-electron chi connectivity index (χ4n) is 0.0768. The first-order chi connectivity index (χ1) is 3.27. The van der Waals surface area contributed by atoms with E-state index in [0.29, 0.717) is 0 Å². The second-order valence-electron chi connectivity index (χ2n) is 0.730. The lowest BCUT2D eigenvalue weighted by Gasteiger charge is -1.84. The molecule has 0 aromatic rings. The molecule has 42 valence electrons. The maximum absolute atomic E-state index is 9.69. The maximum atomic E-state index is 9.69. The van der Waals surface area contributed by atoms with Gasteiger partial charge in [-0.25, -0.2) is 0 Å². The molecule has 0 radical (unpaired) electrons. The van der Waals surface area contributed by atoms with Crippen molar-refractivity contribution in [1.82, 2.24) is 0 Å². The number of rotatable bonds is 3. The van der Waals surface area contributed by atoms with Crippen LogP contribution in [0.1, 0.15) is 0 Å². The van der Waals surface area contributed by atoms with Gasteiger partial charge in [-0.3, -0.25) is 4.79 Å². The summed E-state index contributed by atoms with van der Waals surface area (Å²) < 4.78 is 0. The van der Waals surface area contributed by atoms with Crippen LogP contribution in [0, 0.1) is 0 Å². The van der Waals surface area contributed by atoms with E-state index in [2.05, 4.69) is 11.7 Å². The molecule has 1 N–H and O–H groups in total. The first kappa shape index (κ1) is 7.52. The van der Waals surface area contributed by atoms with Gasteiger partial charge in [-0.15, -0.1) is 0 Å². The van der Waals surface area contributed by atoms with Crippen LogP contribution in [-0.4, -0.2) is 16.8 Å². The summed E-state index contributed by atoms with van der Waals surface area (Å²) in [7, 11) is 2.36. The Morgan fingerprint density at radius 1 is 1.86 bits per heavy atom. The minimum absolute atomic E-state index is 0.119. The van der Waals surface area contributed by atoms with Crippen LogP contribution < -0.4 is 0 Å². The fraction of sp³-hybridized carbons (Fsp3) is 0.500. The van der Waals surface area contributed by atoms with Gasteiger partial charge in [0.05, 0.1) is 0 Å². The van der Waals surface area contributed by atoms with E-state index < -0.39 is 5.97 Å². The minimum atomic E-state index is -0.799. The molecule has 0 aromatic heterocycles. The Hall–Kier alpha value is 0.520. The first-order valence-corrected chi connectivity index (χ1v) is 4.79. The second kappa shape index (κ2) is 4.67. The third-order valence-electron chi connectivity index (χ3n) is 0.235.